The highest BCUT2D eigenvalue weighted by molar-refractivity contribution is 14.1. The van der Waals surface area contributed by atoms with E-state index >= 15 is 0 Å². The zero-order chi connectivity index (χ0) is 13.8. The van der Waals surface area contributed by atoms with Crippen molar-refractivity contribution in [2.75, 3.05) is 6.61 Å². The Morgan fingerprint density at radius 1 is 1.26 bits per heavy atom. The van der Waals surface area contributed by atoms with Crippen LogP contribution in [0.25, 0.3) is 5.69 Å². The van der Waals surface area contributed by atoms with Crippen LogP contribution in [0.3, 0.4) is 0 Å². The van der Waals surface area contributed by atoms with Gasteiger partial charge in [-0.25, -0.2) is 0 Å². The van der Waals surface area contributed by atoms with Crippen molar-refractivity contribution in [3.63, 3.8) is 0 Å². The molecule has 2 rings (SSSR count). The van der Waals surface area contributed by atoms with Gasteiger partial charge in [0.2, 0.25) is 5.88 Å². The highest BCUT2D eigenvalue weighted by atomic mass is 127. The molecule has 0 saturated carbocycles. The Hall–Kier alpha value is -1.63. The number of benzene rings is 1. The Kier molecular flexibility index (Phi) is 4.36. The van der Waals surface area contributed by atoms with Crippen molar-refractivity contribution in [2.24, 2.45) is 0 Å². The average molecular weight is 371 g/mol. The average Bonchev–Trinajstić information content (AvgIpc) is 2.72. The van der Waals surface area contributed by atoms with Gasteiger partial charge in [-0.15, -0.1) is 0 Å². The predicted octanol–water partition coefficient (Wildman–Crippen LogP) is 3.39. The molecular weight excluding hydrogens is 357 g/mol. The maximum atomic E-state index is 10.0. The van der Waals surface area contributed by atoms with Crippen molar-refractivity contribution >= 4 is 22.6 Å². The second-order valence-corrected chi connectivity index (χ2v) is 4.68. The van der Waals surface area contributed by atoms with E-state index in [1.54, 1.807) is 36.4 Å². The SMILES string of the molecule is C=CCOc1ccc(-n2c(O)cc(CI)c2O)cc1. The molecule has 100 valence electrons. The first-order valence-corrected chi connectivity index (χ1v) is 7.22. The van der Waals surface area contributed by atoms with E-state index < -0.39 is 0 Å². The normalized spacial score (nSPS) is 10.4. The highest BCUT2D eigenvalue weighted by Gasteiger charge is 2.14. The smallest absolute Gasteiger partial charge is 0.202 e. The lowest BCUT2D eigenvalue weighted by atomic mass is 10.3. The summed E-state index contributed by atoms with van der Waals surface area (Å²) in [6.45, 7) is 4.02. The molecular formula is C14H14INO3. The molecule has 0 spiro atoms. The van der Waals surface area contributed by atoms with Gasteiger partial charge in [-0.05, 0) is 24.3 Å². The minimum Gasteiger partial charge on any atom is -0.494 e. The van der Waals surface area contributed by atoms with E-state index in [0.29, 0.717) is 28.0 Å². The molecule has 0 radical (unpaired) electrons. The van der Waals surface area contributed by atoms with E-state index in [9.17, 15) is 10.2 Å². The van der Waals surface area contributed by atoms with Crippen molar-refractivity contribution in [1.82, 2.24) is 4.57 Å². The number of hydrogen-bond acceptors (Lipinski definition) is 3. The van der Waals surface area contributed by atoms with Gasteiger partial charge in [-0.3, -0.25) is 4.57 Å². The molecule has 2 aromatic rings. The number of aromatic hydroxyl groups is 2. The third-order valence-corrected chi connectivity index (χ3v) is 3.46. The first-order valence-electron chi connectivity index (χ1n) is 5.70. The van der Waals surface area contributed by atoms with Gasteiger partial charge in [0.1, 0.15) is 12.4 Å². The first-order chi connectivity index (χ1) is 9.17. The molecule has 0 bridgehead atoms. The quantitative estimate of drug-likeness (QED) is 0.481. The summed E-state index contributed by atoms with van der Waals surface area (Å²) in [5.74, 6) is 0.791. The molecule has 0 aliphatic heterocycles. The van der Waals surface area contributed by atoms with Crippen molar-refractivity contribution in [3.05, 3.63) is 48.6 Å². The molecule has 0 fully saturated rings. The van der Waals surface area contributed by atoms with Crippen molar-refractivity contribution in [2.45, 2.75) is 4.43 Å². The van der Waals surface area contributed by atoms with Gasteiger partial charge >= 0.3 is 0 Å². The van der Waals surface area contributed by atoms with Crippen molar-refractivity contribution < 1.29 is 14.9 Å². The molecule has 2 N–H and O–H groups in total. The van der Waals surface area contributed by atoms with Crippen LogP contribution in [0.15, 0.2) is 43.0 Å². The van der Waals surface area contributed by atoms with E-state index in [2.05, 4.69) is 29.2 Å². The monoisotopic (exact) mass is 371 g/mol. The summed E-state index contributed by atoms with van der Waals surface area (Å²) in [5.41, 5.74) is 1.38. The van der Waals surface area contributed by atoms with Crippen LogP contribution < -0.4 is 4.74 Å². The van der Waals surface area contributed by atoms with Crippen LogP contribution in [0.2, 0.25) is 0 Å². The molecule has 0 unspecified atom stereocenters. The van der Waals surface area contributed by atoms with E-state index in [1.165, 1.54) is 4.57 Å². The molecule has 1 heterocycles. The zero-order valence-corrected chi connectivity index (χ0v) is 12.4. The van der Waals surface area contributed by atoms with Gasteiger partial charge < -0.3 is 14.9 Å². The summed E-state index contributed by atoms with van der Waals surface area (Å²) in [6.07, 6.45) is 1.67. The Bertz CT molecular complexity index is 575. The highest BCUT2D eigenvalue weighted by Crippen LogP contribution is 2.33. The third kappa shape index (κ3) is 2.86. The van der Waals surface area contributed by atoms with Crippen molar-refractivity contribution in [1.29, 1.82) is 0 Å². The molecule has 19 heavy (non-hydrogen) atoms. The Morgan fingerprint density at radius 2 is 1.95 bits per heavy atom. The molecule has 4 nitrogen and oxygen atoms in total. The second kappa shape index (κ2) is 6.01. The van der Waals surface area contributed by atoms with Crippen LogP contribution >= 0.6 is 22.6 Å². The fourth-order valence-corrected chi connectivity index (χ4v) is 2.30. The molecule has 0 atom stereocenters. The van der Waals surface area contributed by atoms with Gasteiger partial charge in [-0.2, -0.15) is 0 Å². The van der Waals surface area contributed by atoms with Gasteiger partial charge in [0.05, 0.1) is 5.69 Å². The van der Waals surface area contributed by atoms with Gasteiger partial charge in [-0.1, -0.05) is 35.2 Å². The van der Waals surface area contributed by atoms with Crippen LogP contribution in [-0.4, -0.2) is 21.4 Å². The number of nitrogens with zero attached hydrogens (tertiary/aromatic N) is 1. The van der Waals surface area contributed by atoms with E-state index in [4.69, 9.17) is 4.74 Å². The minimum atomic E-state index is 0.0175. The lowest BCUT2D eigenvalue weighted by Crippen LogP contribution is -1.95. The second-order valence-electron chi connectivity index (χ2n) is 3.91. The zero-order valence-electron chi connectivity index (χ0n) is 10.2. The Balaban J connectivity index is 2.32. The number of hydrogen-bond donors (Lipinski definition) is 2. The summed E-state index contributed by atoms with van der Waals surface area (Å²) in [7, 11) is 0. The summed E-state index contributed by atoms with van der Waals surface area (Å²) < 4.78 is 7.40. The van der Waals surface area contributed by atoms with Crippen LogP contribution in [-0.2, 0) is 4.43 Å². The van der Waals surface area contributed by atoms with Crippen LogP contribution in [0.5, 0.6) is 17.5 Å². The fraction of sp³-hybridized carbons (Fsp3) is 0.143. The van der Waals surface area contributed by atoms with Gasteiger partial charge in [0.25, 0.3) is 0 Å². The standard InChI is InChI=1S/C14H14INO3/c1-2-7-19-12-5-3-11(4-6-12)16-13(17)8-10(9-15)14(16)18/h2-6,8,17-18H,1,7,9H2. The minimum absolute atomic E-state index is 0.0175. The number of alkyl halides is 1. The molecule has 0 saturated heterocycles. The largest absolute Gasteiger partial charge is 0.494 e. The summed E-state index contributed by atoms with van der Waals surface area (Å²) in [4.78, 5) is 0. The van der Waals surface area contributed by atoms with Crippen LogP contribution in [0.4, 0.5) is 0 Å². The molecule has 1 aromatic heterocycles. The Morgan fingerprint density at radius 3 is 2.47 bits per heavy atom. The van der Waals surface area contributed by atoms with Crippen LogP contribution in [0, 0.1) is 0 Å². The lowest BCUT2D eigenvalue weighted by Gasteiger charge is -2.08. The number of rotatable bonds is 5. The molecule has 5 heteroatoms. The first kappa shape index (κ1) is 13.8. The molecule has 1 aromatic carbocycles. The number of halogens is 1. The lowest BCUT2D eigenvalue weighted by molar-refractivity contribution is 0.363. The molecule has 0 aliphatic carbocycles. The third-order valence-electron chi connectivity index (χ3n) is 2.64. The fourth-order valence-electron chi connectivity index (χ4n) is 1.74. The van der Waals surface area contributed by atoms with Gasteiger partial charge in [0.15, 0.2) is 5.88 Å². The van der Waals surface area contributed by atoms with E-state index in [0.717, 1.165) is 0 Å². The van der Waals surface area contributed by atoms with Gasteiger partial charge in [0, 0.05) is 16.1 Å². The van der Waals surface area contributed by atoms with Crippen LogP contribution in [0.1, 0.15) is 5.56 Å². The summed E-state index contributed by atoms with van der Waals surface area (Å²) >= 11 is 2.13. The topological polar surface area (TPSA) is 54.6 Å². The summed E-state index contributed by atoms with van der Waals surface area (Å²) in [6, 6.07) is 8.66. The van der Waals surface area contributed by atoms with E-state index in [1.807, 2.05) is 0 Å². The maximum Gasteiger partial charge on any atom is 0.202 e. The number of ether oxygens (including phenoxy) is 1. The number of aromatic nitrogens is 1. The Labute approximate surface area is 125 Å². The van der Waals surface area contributed by atoms with E-state index in [-0.39, 0.29) is 11.8 Å². The maximum absolute atomic E-state index is 10.0. The molecule has 0 amide bonds. The molecule has 0 aliphatic rings. The van der Waals surface area contributed by atoms with Crippen molar-refractivity contribution in [3.8, 4) is 23.2 Å². The predicted molar refractivity (Wildman–Crippen MR) is 82.5 cm³/mol. The summed E-state index contributed by atoms with van der Waals surface area (Å²) in [5, 5.41) is 19.9.